The molecule has 5 heteroatoms. The standard InChI is InChI=1S/C11H14Cl2N2O/c1-2-4-9(14)11(16)15-10-7(12)5-3-6-8(10)13/h3,5-6,9H,2,4,14H2,1H3,(H,15,16). The summed E-state index contributed by atoms with van der Waals surface area (Å²) in [5.74, 6) is -0.267. The van der Waals surface area contributed by atoms with Gasteiger partial charge in [0.2, 0.25) is 5.91 Å². The zero-order chi connectivity index (χ0) is 12.1. The lowest BCUT2D eigenvalue weighted by molar-refractivity contribution is -0.117. The van der Waals surface area contributed by atoms with Crippen molar-refractivity contribution in [2.75, 3.05) is 5.32 Å². The van der Waals surface area contributed by atoms with Gasteiger partial charge in [-0.25, -0.2) is 0 Å². The number of hydrogen-bond donors (Lipinski definition) is 2. The Morgan fingerprint density at radius 1 is 1.44 bits per heavy atom. The zero-order valence-corrected chi connectivity index (χ0v) is 10.5. The largest absolute Gasteiger partial charge is 0.322 e. The fourth-order valence-corrected chi connectivity index (χ4v) is 1.77. The van der Waals surface area contributed by atoms with Gasteiger partial charge in [-0.05, 0) is 18.6 Å². The molecule has 0 aliphatic heterocycles. The number of halogens is 2. The van der Waals surface area contributed by atoms with Crippen LogP contribution in [0, 0.1) is 0 Å². The number of benzene rings is 1. The highest BCUT2D eigenvalue weighted by Crippen LogP contribution is 2.29. The highest BCUT2D eigenvalue weighted by molar-refractivity contribution is 6.39. The van der Waals surface area contributed by atoms with Crippen LogP contribution in [0.2, 0.25) is 10.0 Å². The van der Waals surface area contributed by atoms with Crippen molar-refractivity contribution >= 4 is 34.8 Å². The lowest BCUT2D eigenvalue weighted by Crippen LogP contribution is -2.35. The third-order valence-electron chi connectivity index (χ3n) is 2.15. The molecular formula is C11H14Cl2N2O. The van der Waals surface area contributed by atoms with E-state index in [4.69, 9.17) is 28.9 Å². The number of carbonyl (C=O) groups is 1. The molecule has 88 valence electrons. The van der Waals surface area contributed by atoms with Crippen molar-refractivity contribution in [3.8, 4) is 0 Å². The molecule has 1 rings (SSSR count). The lowest BCUT2D eigenvalue weighted by Gasteiger charge is -2.13. The maximum absolute atomic E-state index is 11.7. The molecule has 0 heterocycles. The SMILES string of the molecule is CCCC(N)C(=O)Nc1c(Cl)cccc1Cl. The summed E-state index contributed by atoms with van der Waals surface area (Å²) < 4.78 is 0. The molecule has 1 unspecified atom stereocenters. The third kappa shape index (κ3) is 3.37. The van der Waals surface area contributed by atoms with E-state index in [0.717, 1.165) is 6.42 Å². The van der Waals surface area contributed by atoms with Gasteiger partial charge < -0.3 is 11.1 Å². The van der Waals surface area contributed by atoms with E-state index >= 15 is 0 Å². The average Bonchev–Trinajstić information content (AvgIpc) is 2.23. The molecule has 1 atom stereocenters. The van der Waals surface area contributed by atoms with Gasteiger partial charge in [0, 0.05) is 0 Å². The number of rotatable bonds is 4. The van der Waals surface area contributed by atoms with E-state index in [1.165, 1.54) is 0 Å². The molecule has 3 N–H and O–H groups in total. The molecule has 0 saturated carbocycles. The molecule has 0 aromatic heterocycles. The van der Waals surface area contributed by atoms with Crippen LogP contribution in [0.5, 0.6) is 0 Å². The summed E-state index contributed by atoms with van der Waals surface area (Å²) in [7, 11) is 0. The summed E-state index contributed by atoms with van der Waals surface area (Å²) in [5.41, 5.74) is 6.10. The van der Waals surface area contributed by atoms with Gasteiger partial charge in [0.25, 0.3) is 0 Å². The van der Waals surface area contributed by atoms with Crippen molar-refractivity contribution in [1.29, 1.82) is 0 Å². The quantitative estimate of drug-likeness (QED) is 0.875. The highest BCUT2D eigenvalue weighted by atomic mass is 35.5. The number of nitrogens with two attached hydrogens (primary N) is 1. The summed E-state index contributed by atoms with van der Waals surface area (Å²) in [4.78, 5) is 11.7. The first-order valence-electron chi connectivity index (χ1n) is 5.06. The van der Waals surface area contributed by atoms with Crippen LogP contribution in [0.4, 0.5) is 5.69 Å². The molecule has 3 nitrogen and oxygen atoms in total. The first-order chi connectivity index (χ1) is 7.56. The normalized spacial score (nSPS) is 12.2. The van der Waals surface area contributed by atoms with E-state index in [-0.39, 0.29) is 5.91 Å². The van der Waals surface area contributed by atoms with Gasteiger partial charge in [-0.1, -0.05) is 42.6 Å². The van der Waals surface area contributed by atoms with Crippen LogP contribution in [-0.2, 0) is 4.79 Å². The van der Waals surface area contributed by atoms with Crippen molar-refractivity contribution in [2.24, 2.45) is 5.73 Å². The number of nitrogens with one attached hydrogen (secondary N) is 1. The molecule has 0 saturated heterocycles. The van der Waals surface area contributed by atoms with Crippen molar-refractivity contribution in [2.45, 2.75) is 25.8 Å². The van der Waals surface area contributed by atoms with Gasteiger partial charge in [-0.15, -0.1) is 0 Å². The minimum Gasteiger partial charge on any atom is -0.322 e. The van der Waals surface area contributed by atoms with E-state index in [1.807, 2.05) is 6.92 Å². The second kappa shape index (κ2) is 6.09. The Morgan fingerprint density at radius 2 is 2.00 bits per heavy atom. The number of anilines is 1. The zero-order valence-electron chi connectivity index (χ0n) is 8.97. The summed E-state index contributed by atoms with van der Waals surface area (Å²) in [6, 6.07) is 4.51. The first-order valence-corrected chi connectivity index (χ1v) is 5.82. The molecule has 0 aliphatic rings. The van der Waals surface area contributed by atoms with E-state index < -0.39 is 6.04 Å². The predicted molar refractivity (Wildman–Crippen MR) is 68.0 cm³/mol. The third-order valence-corrected chi connectivity index (χ3v) is 2.78. The molecule has 16 heavy (non-hydrogen) atoms. The second-order valence-corrected chi connectivity index (χ2v) is 4.30. The van der Waals surface area contributed by atoms with Crippen LogP contribution in [0.1, 0.15) is 19.8 Å². The Bertz CT molecular complexity index is 362. The molecule has 0 aliphatic carbocycles. The van der Waals surface area contributed by atoms with Crippen LogP contribution >= 0.6 is 23.2 Å². The van der Waals surface area contributed by atoms with Gasteiger partial charge in [0.1, 0.15) is 0 Å². The molecule has 1 aromatic carbocycles. The molecule has 0 radical (unpaired) electrons. The van der Waals surface area contributed by atoms with E-state index in [0.29, 0.717) is 22.2 Å². The number of hydrogen-bond acceptors (Lipinski definition) is 2. The Labute approximate surface area is 105 Å². The van der Waals surface area contributed by atoms with Crippen LogP contribution in [-0.4, -0.2) is 11.9 Å². The van der Waals surface area contributed by atoms with Crippen molar-refractivity contribution in [3.63, 3.8) is 0 Å². The fourth-order valence-electron chi connectivity index (χ4n) is 1.28. The maximum Gasteiger partial charge on any atom is 0.241 e. The van der Waals surface area contributed by atoms with Crippen molar-refractivity contribution in [1.82, 2.24) is 0 Å². The highest BCUT2D eigenvalue weighted by Gasteiger charge is 2.15. The van der Waals surface area contributed by atoms with Gasteiger partial charge in [0.05, 0.1) is 21.8 Å². The Balaban J connectivity index is 2.77. The molecular weight excluding hydrogens is 247 g/mol. The monoisotopic (exact) mass is 260 g/mol. The van der Waals surface area contributed by atoms with Gasteiger partial charge in [0.15, 0.2) is 0 Å². The summed E-state index contributed by atoms with van der Waals surface area (Å²) in [5, 5.41) is 3.45. The predicted octanol–water partition coefficient (Wildman–Crippen LogP) is 3.06. The molecule has 1 aromatic rings. The molecule has 0 fully saturated rings. The van der Waals surface area contributed by atoms with Gasteiger partial charge in [-0.3, -0.25) is 4.79 Å². The molecule has 0 bridgehead atoms. The van der Waals surface area contributed by atoms with Gasteiger partial charge >= 0.3 is 0 Å². The number of amides is 1. The summed E-state index contributed by atoms with van der Waals surface area (Å²) in [6.45, 7) is 1.97. The van der Waals surface area contributed by atoms with Crippen LogP contribution < -0.4 is 11.1 Å². The Morgan fingerprint density at radius 3 is 2.50 bits per heavy atom. The van der Waals surface area contributed by atoms with Gasteiger partial charge in [-0.2, -0.15) is 0 Å². The maximum atomic E-state index is 11.7. The Kier molecular flexibility index (Phi) is 5.06. The number of carbonyl (C=O) groups excluding carboxylic acids is 1. The topological polar surface area (TPSA) is 55.1 Å². The molecule has 0 spiro atoms. The van der Waals surface area contributed by atoms with E-state index in [2.05, 4.69) is 5.32 Å². The van der Waals surface area contributed by atoms with Crippen molar-refractivity contribution in [3.05, 3.63) is 28.2 Å². The minimum atomic E-state index is -0.530. The minimum absolute atomic E-state index is 0.267. The lowest BCUT2D eigenvalue weighted by atomic mass is 10.1. The van der Waals surface area contributed by atoms with Crippen LogP contribution in [0.15, 0.2) is 18.2 Å². The number of para-hydroxylation sites is 1. The van der Waals surface area contributed by atoms with E-state index in [9.17, 15) is 4.79 Å². The smallest absolute Gasteiger partial charge is 0.241 e. The van der Waals surface area contributed by atoms with Crippen molar-refractivity contribution < 1.29 is 4.79 Å². The van der Waals surface area contributed by atoms with Crippen LogP contribution in [0.3, 0.4) is 0 Å². The van der Waals surface area contributed by atoms with Crippen LogP contribution in [0.25, 0.3) is 0 Å². The summed E-state index contributed by atoms with van der Waals surface area (Å²) in [6.07, 6.45) is 1.48. The molecule has 1 amide bonds. The summed E-state index contributed by atoms with van der Waals surface area (Å²) >= 11 is 11.8. The first kappa shape index (κ1) is 13.3. The Hall–Kier alpha value is -0.770. The second-order valence-electron chi connectivity index (χ2n) is 3.48. The fraction of sp³-hybridized carbons (Fsp3) is 0.364. The van der Waals surface area contributed by atoms with E-state index in [1.54, 1.807) is 18.2 Å². The average molecular weight is 261 g/mol.